The van der Waals surface area contributed by atoms with Gasteiger partial charge in [0.1, 0.15) is 17.2 Å². The maximum absolute atomic E-state index is 9.60. The summed E-state index contributed by atoms with van der Waals surface area (Å²) in [5.74, 6) is 0.293. The van der Waals surface area contributed by atoms with Gasteiger partial charge in [0.05, 0.1) is 5.92 Å². The van der Waals surface area contributed by atoms with Gasteiger partial charge in [-0.1, -0.05) is 48.0 Å². The van der Waals surface area contributed by atoms with Crippen molar-refractivity contribution in [1.82, 2.24) is 4.98 Å². The summed E-state index contributed by atoms with van der Waals surface area (Å²) in [6.45, 7) is 0. The Balaban J connectivity index is 2.05. The fraction of sp³-hybridized carbons (Fsp3) is 0.0526. The number of halogens is 1. The topological polar surface area (TPSA) is 71.9 Å². The molecule has 4 nitrogen and oxygen atoms in total. The van der Waals surface area contributed by atoms with Crippen LogP contribution in [0.2, 0.25) is 5.02 Å². The van der Waals surface area contributed by atoms with E-state index < -0.39 is 0 Å². The average Bonchev–Trinajstić information content (AvgIpc) is 2.61. The lowest BCUT2D eigenvalue weighted by Crippen LogP contribution is -2.21. The first kappa shape index (κ1) is 14.6. The van der Waals surface area contributed by atoms with Crippen molar-refractivity contribution in [2.24, 2.45) is 5.73 Å². The van der Waals surface area contributed by atoms with Crippen LogP contribution < -0.4 is 10.5 Å². The zero-order valence-electron chi connectivity index (χ0n) is 12.5. The highest BCUT2D eigenvalue weighted by Crippen LogP contribution is 2.46. The first-order chi connectivity index (χ1) is 11.7. The third kappa shape index (κ3) is 2.10. The Kier molecular flexibility index (Phi) is 3.37. The molecule has 5 heteroatoms. The number of nitrogens with zero attached hydrogens (tertiary/aromatic N) is 2. The van der Waals surface area contributed by atoms with E-state index in [1.54, 1.807) is 12.3 Å². The number of nitrogens with two attached hydrogens (primary N) is 1. The molecule has 0 radical (unpaired) electrons. The van der Waals surface area contributed by atoms with Crippen molar-refractivity contribution in [2.45, 2.75) is 5.92 Å². The number of benzene rings is 2. The molecule has 0 saturated carbocycles. The van der Waals surface area contributed by atoms with Crippen LogP contribution in [-0.4, -0.2) is 4.98 Å². The predicted molar refractivity (Wildman–Crippen MR) is 92.5 cm³/mol. The molecule has 1 aromatic heterocycles. The molecule has 1 aliphatic rings. The lowest BCUT2D eigenvalue weighted by molar-refractivity contribution is 0.397. The summed E-state index contributed by atoms with van der Waals surface area (Å²) < 4.78 is 5.77. The molecule has 2 N–H and O–H groups in total. The number of hydrogen-bond acceptors (Lipinski definition) is 4. The van der Waals surface area contributed by atoms with Crippen LogP contribution in [0.25, 0.3) is 10.9 Å². The molecule has 0 unspecified atom stereocenters. The number of nitriles is 1. The van der Waals surface area contributed by atoms with E-state index in [4.69, 9.17) is 22.1 Å². The lowest BCUT2D eigenvalue weighted by Gasteiger charge is -2.27. The van der Waals surface area contributed by atoms with E-state index >= 15 is 0 Å². The van der Waals surface area contributed by atoms with Crippen molar-refractivity contribution >= 4 is 22.5 Å². The first-order valence-electron chi connectivity index (χ1n) is 7.40. The number of hydrogen-bond donors (Lipinski definition) is 1. The van der Waals surface area contributed by atoms with Crippen LogP contribution in [0.15, 0.2) is 66.2 Å². The minimum atomic E-state index is -0.376. The molecule has 0 spiro atoms. The van der Waals surface area contributed by atoms with E-state index in [1.807, 2.05) is 42.5 Å². The van der Waals surface area contributed by atoms with Crippen molar-refractivity contribution in [1.29, 1.82) is 5.26 Å². The largest absolute Gasteiger partial charge is 0.438 e. The Labute approximate surface area is 143 Å². The molecule has 3 aromatic rings. The van der Waals surface area contributed by atoms with E-state index in [-0.39, 0.29) is 11.8 Å². The summed E-state index contributed by atoms with van der Waals surface area (Å²) in [5.41, 5.74) is 8.76. The molecule has 2 heterocycles. The standard InChI is InChI=1S/C19H12ClN3O/c20-15-6-2-1-5-12(15)16-13-8-7-11-4-3-9-23-17(11)18(13)24-19(22)14(16)10-21/h1-9,16H,22H2/t16-/m0/s1. The van der Waals surface area contributed by atoms with Crippen LogP contribution in [0.5, 0.6) is 5.75 Å². The van der Waals surface area contributed by atoms with Crippen LogP contribution in [0.3, 0.4) is 0 Å². The number of fused-ring (bicyclic) bond motifs is 3. The number of rotatable bonds is 1. The van der Waals surface area contributed by atoms with Crippen LogP contribution in [0.4, 0.5) is 0 Å². The fourth-order valence-electron chi connectivity index (χ4n) is 3.08. The third-order valence-electron chi connectivity index (χ3n) is 4.17. The second-order valence-corrected chi connectivity index (χ2v) is 5.91. The van der Waals surface area contributed by atoms with Gasteiger partial charge in [-0.05, 0) is 17.7 Å². The van der Waals surface area contributed by atoms with Crippen LogP contribution in [0.1, 0.15) is 17.0 Å². The van der Waals surface area contributed by atoms with Crippen LogP contribution in [0, 0.1) is 11.3 Å². The summed E-state index contributed by atoms with van der Waals surface area (Å²) in [6.07, 6.45) is 1.70. The SMILES string of the molecule is N#CC1=C(N)Oc2c(ccc3cccnc23)[C@@H]1c1ccccc1Cl. The normalized spacial score (nSPS) is 16.4. The highest BCUT2D eigenvalue weighted by atomic mass is 35.5. The van der Waals surface area contributed by atoms with E-state index in [1.165, 1.54) is 0 Å². The Morgan fingerprint density at radius 1 is 1.08 bits per heavy atom. The lowest BCUT2D eigenvalue weighted by atomic mass is 9.83. The second-order valence-electron chi connectivity index (χ2n) is 5.51. The number of allylic oxidation sites excluding steroid dienone is 1. The van der Waals surface area contributed by atoms with Gasteiger partial charge in [0.15, 0.2) is 5.75 Å². The second kappa shape index (κ2) is 5.55. The highest BCUT2D eigenvalue weighted by Gasteiger charge is 2.33. The number of pyridine rings is 1. The molecular weight excluding hydrogens is 322 g/mol. The fourth-order valence-corrected chi connectivity index (χ4v) is 3.33. The van der Waals surface area contributed by atoms with Gasteiger partial charge in [-0.2, -0.15) is 5.26 Å². The Bertz CT molecular complexity index is 1040. The molecule has 24 heavy (non-hydrogen) atoms. The van der Waals surface area contributed by atoms with Crippen molar-refractivity contribution in [2.75, 3.05) is 0 Å². The molecule has 4 rings (SSSR count). The van der Waals surface area contributed by atoms with Gasteiger partial charge in [-0.25, -0.2) is 0 Å². The Morgan fingerprint density at radius 3 is 2.71 bits per heavy atom. The molecule has 1 aliphatic heterocycles. The van der Waals surface area contributed by atoms with Crippen molar-refractivity contribution in [3.63, 3.8) is 0 Å². The maximum Gasteiger partial charge on any atom is 0.205 e. The molecular formula is C19H12ClN3O. The Morgan fingerprint density at radius 2 is 1.92 bits per heavy atom. The average molecular weight is 334 g/mol. The van der Waals surface area contributed by atoms with Gasteiger partial charge in [-0.15, -0.1) is 0 Å². The predicted octanol–water partition coefficient (Wildman–Crippen LogP) is 4.11. The minimum Gasteiger partial charge on any atom is -0.438 e. The monoisotopic (exact) mass is 333 g/mol. The van der Waals surface area contributed by atoms with E-state index in [0.29, 0.717) is 21.9 Å². The molecule has 0 bridgehead atoms. The zero-order chi connectivity index (χ0) is 16.7. The van der Waals surface area contributed by atoms with Gasteiger partial charge in [0.2, 0.25) is 5.88 Å². The van der Waals surface area contributed by atoms with Gasteiger partial charge in [-0.3, -0.25) is 4.98 Å². The quantitative estimate of drug-likeness (QED) is 0.727. The van der Waals surface area contributed by atoms with Crippen molar-refractivity contribution < 1.29 is 4.74 Å². The summed E-state index contributed by atoms with van der Waals surface area (Å²) >= 11 is 6.38. The first-order valence-corrected chi connectivity index (χ1v) is 7.78. The smallest absolute Gasteiger partial charge is 0.205 e. The van der Waals surface area contributed by atoms with Gasteiger partial charge in [0, 0.05) is 22.2 Å². The summed E-state index contributed by atoms with van der Waals surface area (Å²) in [5, 5.41) is 11.1. The van der Waals surface area contributed by atoms with Gasteiger partial charge in [0.25, 0.3) is 0 Å². The maximum atomic E-state index is 9.60. The molecule has 1 atom stereocenters. The summed E-state index contributed by atoms with van der Waals surface area (Å²) in [4.78, 5) is 4.41. The molecule has 0 saturated heterocycles. The Hall–Kier alpha value is -3.03. The van der Waals surface area contributed by atoms with Gasteiger partial charge >= 0.3 is 0 Å². The van der Waals surface area contributed by atoms with Crippen LogP contribution >= 0.6 is 11.6 Å². The molecule has 116 valence electrons. The van der Waals surface area contributed by atoms with E-state index in [2.05, 4.69) is 11.1 Å². The van der Waals surface area contributed by atoms with Gasteiger partial charge < -0.3 is 10.5 Å². The highest BCUT2D eigenvalue weighted by molar-refractivity contribution is 6.31. The summed E-state index contributed by atoms with van der Waals surface area (Å²) in [6, 6.07) is 17.3. The minimum absolute atomic E-state index is 0.0908. The number of aromatic nitrogens is 1. The van der Waals surface area contributed by atoms with Crippen molar-refractivity contribution in [3.8, 4) is 11.8 Å². The number of ether oxygens (including phenoxy) is 1. The third-order valence-corrected chi connectivity index (χ3v) is 4.52. The summed E-state index contributed by atoms with van der Waals surface area (Å²) in [7, 11) is 0. The zero-order valence-corrected chi connectivity index (χ0v) is 13.3. The molecule has 0 amide bonds. The van der Waals surface area contributed by atoms with E-state index in [9.17, 15) is 5.26 Å². The van der Waals surface area contributed by atoms with Crippen LogP contribution in [-0.2, 0) is 0 Å². The molecule has 0 fully saturated rings. The molecule has 0 aliphatic carbocycles. The van der Waals surface area contributed by atoms with Crippen molar-refractivity contribution in [3.05, 3.63) is 82.3 Å². The molecule has 2 aromatic carbocycles. The van der Waals surface area contributed by atoms with E-state index in [0.717, 1.165) is 16.5 Å².